The number of carbonyl (C=O) groups is 2. The fraction of sp³-hybridized carbons (Fsp3) is 0.850. The van der Waals surface area contributed by atoms with E-state index in [1.165, 1.54) is 19.3 Å². The molecule has 3 heterocycles. The summed E-state index contributed by atoms with van der Waals surface area (Å²) in [5.41, 5.74) is -0.600. The van der Waals surface area contributed by atoms with Crippen molar-refractivity contribution >= 4 is 12.0 Å². The minimum absolute atomic E-state index is 0.0931. The van der Waals surface area contributed by atoms with Crippen LogP contribution in [-0.2, 0) is 9.53 Å². The maximum atomic E-state index is 13.2. The van der Waals surface area contributed by atoms with E-state index in [9.17, 15) is 14.9 Å². The highest BCUT2D eigenvalue weighted by atomic mass is 16.6. The number of ether oxygens (including phenoxy) is 1. The standard InChI is InChI=1S/C20H32N4O3/c1-20(2,3)27-19(26)24-14-16(22-9-5-4-6-10-22)12-17(24)18(25)23-11-7-8-15(23)13-21/h15-17H,4-12,14H2,1-3H3/t15?,16-,17-/m0/s1. The highest BCUT2D eigenvalue weighted by Crippen LogP contribution is 2.30. The van der Waals surface area contributed by atoms with Gasteiger partial charge >= 0.3 is 6.09 Å². The predicted octanol–water partition coefficient (Wildman–Crippen LogP) is 2.36. The molecular formula is C20H32N4O3. The van der Waals surface area contributed by atoms with Crippen LogP contribution >= 0.6 is 0 Å². The summed E-state index contributed by atoms with van der Waals surface area (Å²) in [6.45, 7) is 8.70. The van der Waals surface area contributed by atoms with Crippen LogP contribution in [0.5, 0.6) is 0 Å². The van der Waals surface area contributed by atoms with Crippen LogP contribution in [0.3, 0.4) is 0 Å². The SMILES string of the molecule is CC(C)(C)OC(=O)N1C[C@@H](N2CCCCC2)C[C@H]1C(=O)N1CCCC1C#N. The molecule has 1 unspecified atom stereocenters. The smallest absolute Gasteiger partial charge is 0.411 e. The first-order chi connectivity index (χ1) is 12.8. The Morgan fingerprint density at radius 3 is 2.37 bits per heavy atom. The van der Waals surface area contributed by atoms with Gasteiger partial charge in [0.15, 0.2) is 0 Å². The minimum atomic E-state index is -0.600. The van der Waals surface area contributed by atoms with Crippen molar-refractivity contribution in [3.05, 3.63) is 0 Å². The lowest BCUT2D eigenvalue weighted by atomic mass is 10.1. The van der Waals surface area contributed by atoms with Gasteiger partial charge in [0, 0.05) is 19.1 Å². The Balaban J connectivity index is 1.77. The normalized spacial score (nSPS) is 29.6. The monoisotopic (exact) mass is 376 g/mol. The molecule has 3 saturated heterocycles. The van der Waals surface area contributed by atoms with E-state index in [1.807, 2.05) is 20.8 Å². The summed E-state index contributed by atoms with van der Waals surface area (Å²) in [5.74, 6) is -0.0931. The fourth-order valence-corrected chi connectivity index (χ4v) is 4.47. The molecule has 7 nitrogen and oxygen atoms in total. The van der Waals surface area contributed by atoms with Crippen molar-refractivity contribution in [3.8, 4) is 6.07 Å². The van der Waals surface area contributed by atoms with E-state index in [1.54, 1.807) is 9.80 Å². The van der Waals surface area contributed by atoms with Gasteiger partial charge in [0.25, 0.3) is 0 Å². The zero-order valence-corrected chi connectivity index (χ0v) is 16.8. The molecule has 3 aliphatic rings. The fourth-order valence-electron chi connectivity index (χ4n) is 4.47. The van der Waals surface area contributed by atoms with Crippen molar-refractivity contribution in [1.82, 2.24) is 14.7 Å². The third kappa shape index (κ3) is 4.55. The number of amides is 2. The molecule has 0 radical (unpaired) electrons. The van der Waals surface area contributed by atoms with Gasteiger partial charge in [-0.1, -0.05) is 6.42 Å². The quantitative estimate of drug-likeness (QED) is 0.739. The van der Waals surface area contributed by atoms with E-state index in [4.69, 9.17) is 4.74 Å². The molecule has 0 saturated carbocycles. The number of rotatable bonds is 2. The van der Waals surface area contributed by atoms with Crippen molar-refractivity contribution in [1.29, 1.82) is 5.26 Å². The van der Waals surface area contributed by atoms with Crippen LogP contribution < -0.4 is 0 Å². The molecule has 0 aromatic carbocycles. The molecule has 0 aromatic heterocycles. The van der Waals surface area contributed by atoms with Crippen molar-refractivity contribution < 1.29 is 14.3 Å². The van der Waals surface area contributed by atoms with Gasteiger partial charge in [0.1, 0.15) is 17.7 Å². The largest absolute Gasteiger partial charge is 0.444 e. The van der Waals surface area contributed by atoms with E-state index in [0.29, 0.717) is 19.5 Å². The molecule has 3 rings (SSSR count). The number of hydrogen-bond acceptors (Lipinski definition) is 5. The van der Waals surface area contributed by atoms with Crippen LogP contribution in [-0.4, -0.2) is 76.6 Å². The Morgan fingerprint density at radius 2 is 1.74 bits per heavy atom. The number of hydrogen-bond donors (Lipinski definition) is 0. The number of piperidine rings is 1. The summed E-state index contributed by atoms with van der Waals surface area (Å²) in [6.07, 6.45) is 5.36. The second-order valence-electron chi connectivity index (χ2n) is 8.95. The first kappa shape index (κ1) is 19.9. The summed E-state index contributed by atoms with van der Waals surface area (Å²) in [6, 6.07) is 1.53. The lowest BCUT2D eigenvalue weighted by molar-refractivity contribution is -0.135. The first-order valence-corrected chi connectivity index (χ1v) is 10.2. The van der Waals surface area contributed by atoms with Crippen LogP contribution in [0, 0.1) is 11.3 Å². The lowest BCUT2D eigenvalue weighted by Crippen LogP contribution is -2.50. The minimum Gasteiger partial charge on any atom is -0.444 e. The second-order valence-corrected chi connectivity index (χ2v) is 8.95. The van der Waals surface area contributed by atoms with Gasteiger partial charge in [-0.05, 0) is 66.0 Å². The summed E-state index contributed by atoms with van der Waals surface area (Å²) < 4.78 is 5.59. The number of nitriles is 1. The van der Waals surface area contributed by atoms with Gasteiger partial charge in [0.05, 0.1) is 6.07 Å². The third-order valence-corrected chi connectivity index (χ3v) is 5.78. The molecule has 7 heteroatoms. The molecule has 0 aromatic rings. The third-order valence-electron chi connectivity index (χ3n) is 5.78. The lowest BCUT2D eigenvalue weighted by Gasteiger charge is -2.32. The van der Waals surface area contributed by atoms with Crippen LogP contribution in [0.1, 0.15) is 59.3 Å². The molecule has 150 valence electrons. The zero-order chi connectivity index (χ0) is 19.6. The van der Waals surface area contributed by atoms with Gasteiger partial charge in [-0.25, -0.2) is 4.79 Å². The first-order valence-electron chi connectivity index (χ1n) is 10.2. The molecule has 0 bridgehead atoms. The van der Waals surface area contributed by atoms with Crippen molar-refractivity contribution in [2.75, 3.05) is 26.2 Å². The Kier molecular flexibility index (Phi) is 5.95. The average molecular weight is 377 g/mol. The van der Waals surface area contributed by atoms with E-state index in [2.05, 4.69) is 11.0 Å². The van der Waals surface area contributed by atoms with Gasteiger partial charge in [0.2, 0.25) is 5.91 Å². The summed E-state index contributed by atoms with van der Waals surface area (Å²) in [7, 11) is 0. The van der Waals surface area contributed by atoms with Crippen molar-refractivity contribution in [3.63, 3.8) is 0 Å². The topological polar surface area (TPSA) is 76.9 Å². The van der Waals surface area contributed by atoms with Crippen molar-refractivity contribution in [2.45, 2.75) is 83.0 Å². The van der Waals surface area contributed by atoms with E-state index < -0.39 is 17.7 Å². The Morgan fingerprint density at radius 1 is 1.04 bits per heavy atom. The Hall–Kier alpha value is -1.81. The molecule has 0 spiro atoms. The highest BCUT2D eigenvalue weighted by Gasteiger charge is 2.46. The molecule has 27 heavy (non-hydrogen) atoms. The molecular weight excluding hydrogens is 344 g/mol. The van der Waals surface area contributed by atoms with E-state index in [0.717, 1.165) is 25.9 Å². The molecule has 3 aliphatic heterocycles. The van der Waals surface area contributed by atoms with Crippen LogP contribution in [0.25, 0.3) is 0 Å². The Labute approximate surface area is 162 Å². The molecule has 0 aliphatic carbocycles. The molecule has 3 fully saturated rings. The van der Waals surface area contributed by atoms with Gasteiger partial charge in [-0.15, -0.1) is 0 Å². The number of carbonyl (C=O) groups excluding carboxylic acids is 2. The van der Waals surface area contributed by atoms with Crippen LogP contribution in [0.15, 0.2) is 0 Å². The summed E-state index contributed by atoms with van der Waals surface area (Å²) >= 11 is 0. The second kappa shape index (κ2) is 8.05. The molecule has 2 amide bonds. The highest BCUT2D eigenvalue weighted by molar-refractivity contribution is 5.87. The van der Waals surface area contributed by atoms with E-state index >= 15 is 0 Å². The van der Waals surface area contributed by atoms with Gasteiger partial charge in [-0.3, -0.25) is 14.6 Å². The summed E-state index contributed by atoms with van der Waals surface area (Å²) in [5, 5.41) is 9.35. The summed E-state index contributed by atoms with van der Waals surface area (Å²) in [4.78, 5) is 31.7. The van der Waals surface area contributed by atoms with Gasteiger partial charge < -0.3 is 9.64 Å². The van der Waals surface area contributed by atoms with Crippen molar-refractivity contribution in [2.24, 2.45) is 0 Å². The maximum Gasteiger partial charge on any atom is 0.411 e. The molecule has 3 atom stereocenters. The van der Waals surface area contributed by atoms with Gasteiger partial charge in [-0.2, -0.15) is 5.26 Å². The van der Waals surface area contributed by atoms with Crippen LogP contribution in [0.2, 0.25) is 0 Å². The zero-order valence-electron chi connectivity index (χ0n) is 16.8. The number of nitrogens with zero attached hydrogens (tertiary/aromatic N) is 4. The number of likely N-dealkylation sites (tertiary alicyclic amines) is 3. The molecule has 0 N–H and O–H groups in total. The predicted molar refractivity (Wildman–Crippen MR) is 101 cm³/mol. The average Bonchev–Trinajstić information content (AvgIpc) is 3.27. The maximum absolute atomic E-state index is 13.2. The van der Waals surface area contributed by atoms with Crippen LogP contribution in [0.4, 0.5) is 4.79 Å². The van der Waals surface area contributed by atoms with E-state index in [-0.39, 0.29) is 18.0 Å². The Bertz CT molecular complexity index is 603.